The van der Waals surface area contributed by atoms with Gasteiger partial charge in [-0.15, -0.1) is 0 Å². The van der Waals surface area contributed by atoms with Gasteiger partial charge in [-0.05, 0) is 0 Å². The first kappa shape index (κ1) is 5.31. The number of aromatic nitrogens is 2. The van der Waals surface area contributed by atoms with E-state index in [1.54, 1.807) is 0 Å². The number of hydrogen-bond acceptors (Lipinski definition) is 3. The molecule has 1 heterocycles. The highest BCUT2D eigenvalue weighted by Gasteiger charge is 1.94. The fraction of sp³-hybridized carbons (Fsp3) is 0. The second-order valence-electron chi connectivity index (χ2n) is 1.12. The third-order valence-electron chi connectivity index (χ3n) is 0.595. The zero-order valence-electron chi connectivity index (χ0n) is 3.80. The van der Waals surface area contributed by atoms with Gasteiger partial charge in [0.2, 0.25) is 0 Å². The van der Waals surface area contributed by atoms with E-state index in [2.05, 4.69) is 16.2 Å². The van der Waals surface area contributed by atoms with Crippen LogP contribution in [0.2, 0.25) is 5.15 Å². The summed E-state index contributed by atoms with van der Waals surface area (Å²) in [6, 6.07) is 0. The highest BCUT2D eigenvalue weighted by molar-refractivity contribution is 6.30. The number of rotatable bonds is 0. The van der Waals surface area contributed by atoms with Gasteiger partial charge in [0.1, 0.15) is 12.5 Å². The molecule has 8 heavy (non-hydrogen) atoms. The summed E-state index contributed by atoms with van der Waals surface area (Å²) in [5.41, 5.74) is 0. The SMILES string of the molecule is Oc1[c]ncnc1Cl. The normalized spacial score (nSPS) is 9.12. The summed E-state index contributed by atoms with van der Waals surface area (Å²) in [7, 11) is 0. The van der Waals surface area contributed by atoms with Crippen LogP contribution < -0.4 is 0 Å². The Bertz CT molecular complexity index is 170. The molecule has 0 saturated heterocycles. The smallest absolute Gasteiger partial charge is 0.181 e. The van der Waals surface area contributed by atoms with Crippen molar-refractivity contribution in [3.63, 3.8) is 0 Å². The van der Waals surface area contributed by atoms with Gasteiger partial charge in [-0.2, -0.15) is 0 Å². The monoisotopic (exact) mass is 129 g/mol. The van der Waals surface area contributed by atoms with Crippen molar-refractivity contribution in [3.8, 4) is 5.75 Å². The first-order valence-corrected chi connectivity index (χ1v) is 2.25. The van der Waals surface area contributed by atoms with Crippen molar-refractivity contribution in [3.05, 3.63) is 17.7 Å². The van der Waals surface area contributed by atoms with Gasteiger partial charge < -0.3 is 5.11 Å². The van der Waals surface area contributed by atoms with Crippen molar-refractivity contribution in [2.45, 2.75) is 0 Å². The highest BCUT2D eigenvalue weighted by Crippen LogP contribution is 2.14. The Kier molecular flexibility index (Phi) is 1.30. The lowest BCUT2D eigenvalue weighted by atomic mass is 10.6. The molecule has 0 unspecified atom stereocenters. The minimum atomic E-state index is -0.214. The van der Waals surface area contributed by atoms with E-state index in [1.165, 1.54) is 6.33 Å². The summed E-state index contributed by atoms with van der Waals surface area (Å²) in [5, 5.41) is 8.63. The summed E-state index contributed by atoms with van der Waals surface area (Å²) >= 11 is 5.28. The van der Waals surface area contributed by atoms with Crippen molar-refractivity contribution >= 4 is 11.6 Å². The molecule has 3 nitrogen and oxygen atoms in total. The minimum Gasteiger partial charge on any atom is -0.503 e. The van der Waals surface area contributed by atoms with Crippen LogP contribution in [0.1, 0.15) is 0 Å². The molecule has 0 amide bonds. The molecule has 1 N–H and O–H groups in total. The van der Waals surface area contributed by atoms with Crippen LogP contribution >= 0.6 is 11.6 Å². The van der Waals surface area contributed by atoms with Crippen LogP contribution in [-0.2, 0) is 0 Å². The number of aromatic hydroxyl groups is 1. The molecule has 1 aromatic heterocycles. The van der Waals surface area contributed by atoms with Gasteiger partial charge in [-0.1, -0.05) is 11.6 Å². The Balaban J connectivity index is 3.13. The third-order valence-corrected chi connectivity index (χ3v) is 0.871. The topological polar surface area (TPSA) is 46.0 Å². The number of nitrogens with zero attached hydrogens (tertiary/aromatic N) is 2. The predicted molar refractivity (Wildman–Crippen MR) is 27.5 cm³/mol. The van der Waals surface area contributed by atoms with Gasteiger partial charge in [-0.25, -0.2) is 9.97 Å². The molecule has 0 bridgehead atoms. The molecule has 1 rings (SSSR count). The second-order valence-corrected chi connectivity index (χ2v) is 1.48. The van der Waals surface area contributed by atoms with Crippen LogP contribution in [0.25, 0.3) is 0 Å². The molecule has 0 atom stereocenters. The van der Waals surface area contributed by atoms with E-state index in [4.69, 9.17) is 16.7 Å². The van der Waals surface area contributed by atoms with Crippen LogP contribution in [-0.4, -0.2) is 15.1 Å². The molecular formula is C4H2ClN2O. The zero-order chi connectivity index (χ0) is 5.98. The number of hydrogen-bond donors (Lipinski definition) is 1. The minimum absolute atomic E-state index is 0.0278. The van der Waals surface area contributed by atoms with Crippen molar-refractivity contribution in [2.24, 2.45) is 0 Å². The zero-order valence-corrected chi connectivity index (χ0v) is 4.55. The Morgan fingerprint density at radius 2 is 2.50 bits per heavy atom. The van der Waals surface area contributed by atoms with E-state index in [0.717, 1.165) is 0 Å². The lowest BCUT2D eigenvalue weighted by molar-refractivity contribution is 0.468. The molecule has 0 spiro atoms. The Morgan fingerprint density at radius 3 is 2.88 bits per heavy atom. The molecule has 0 aliphatic rings. The Morgan fingerprint density at radius 1 is 1.75 bits per heavy atom. The van der Waals surface area contributed by atoms with Crippen molar-refractivity contribution in [1.82, 2.24) is 9.97 Å². The lowest BCUT2D eigenvalue weighted by Gasteiger charge is -1.87. The van der Waals surface area contributed by atoms with Gasteiger partial charge in [0, 0.05) is 0 Å². The molecular weight excluding hydrogens is 128 g/mol. The van der Waals surface area contributed by atoms with E-state index in [0.29, 0.717) is 0 Å². The summed E-state index contributed by atoms with van der Waals surface area (Å²) in [6.07, 6.45) is 3.42. The molecule has 0 aliphatic carbocycles. The largest absolute Gasteiger partial charge is 0.503 e. The van der Waals surface area contributed by atoms with Gasteiger partial charge in [0.05, 0.1) is 0 Å². The summed E-state index contributed by atoms with van der Waals surface area (Å²) in [6.45, 7) is 0. The van der Waals surface area contributed by atoms with Gasteiger partial charge in [0.25, 0.3) is 0 Å². The van der Waals surface area contributed by atoms with E-state index >= 15 is 0 Å². The first-order valence-electron chi connectivity index (χ1n) is 1.88. The predicted octanol–water partition coefficient (Wildman–Crippen LogP) is 0.636. The fourth-order valence-corrected chi connectivity index (χ4v) is 0.363. The quantitative estimate of drug-likeness (QED) is 0.523. The Hall–Kier alpha value is -0.830. The van der Waals surface area contributed by atoms with E-state index in [9.17, 15) is 0 Å². The van der Waals surface area contributed by atoms with Crippen molar-refractivity contribution in [1.29, 1.82) is 0 Å². The average molecular weight is 130 g/mol. The maximum Gasteiger partial charge on any atom is 0.181 e. The molecule has 0 fully saturated rings. The first-order chi connectivity index (χ1) is 3.80. The third kappa shape index (κ3) is 0.869. The molecule has 0 saturated carbocycles. The summed E-state index contributed by atoms with van der Waals surface area (Å²) in [4.78, 5) is 6.83. The van der Waals surface area contributed by atoms with Crippen molar-refractivity contribution < 1.29 is 5.11 Å². The van der Waals surface area contributed by atoms with Crippen LogP contribution in [0.4, 0.5) is 0 Å². The molecule has 41 valence electrons. The average Bonchev–Trinajstić information content (AvgIpc) is 1.77. The fourth-order valence-electron chi connectivity index (χ4n) is 0.277. The molecule has 0 aliphatic heterocycles. The molecule has 4 heteroatoms. The van der Waals surface area contributed by atoms with Crippen molar-refractivity contribution in [2.75, 3.05) is 0 Å². The van der Waals surface area contributed by atoms with E-state index < -0.39 is 0 Å². The second kappa shape index (κ2) is 1.96. The highest BCUT2D eigenvalue weighted by atomic mass is 35.5. The number of halogens is 1. The molecule has 0 aromatic carbocycles. The standard InChI is InChI=1S/C4H2ClN2O/c5-4-3(8)1-6-2-7-4/h2,8H. The van der Waals surface area contributed by atoms with E-state index in [1.807, 2.05) is 0 Å². The van der Waals surface area contributed by atoms with Crippen LogP contribution in [0, 0.1) is 6.20 Å². The molecule has 1 radical (unpaired) electrons. The maximum absolute atomic E-state index is 8.61. The van der Waals surface area contributed by atoms with Gasteiger partial charge in [-0.3, -0.25) is 0 Å². The summed E-state index contributed by atoms with van der Waals surface area (Å²) < 4.78 is 0. The van der Waals surface area contributed by atoms with Crippen LogP contribution in [0.3, 0.4) is 0 Å². The summed E-state index contributed by atoms with van der Waals surface area (Å²) in [5.74, 6) is -0.214. The lowest BCUT2D eigenvalue weighted by Crippen LogP contribution is -1.76. The Labute approximate surface area is 51.0 Å². The maximum atomic E-state index is 8.61. The van der Waals surface area contributed by atoms with Crippen LogP contribution in [0.5, 0.6) is 5.75 Å². The molecule has 1 aromatic rings. The van der Waals surface area contributed by atoms with E-state index in [-0.39, 0.29) is 10.9 Å². The van der Waals surface area contributed by atoms with Crippen LogP contribution in [0.15, 0.2) is 6.33 Å². The van der Waals surface area contributed by atoms with Gasteiger partial charge in [0.15, 0.2) is 10.9 Å². The van der Waals surface area contributed by atoms with Gasteiger partial charge >= 0.3 is 0 Å².